The maximum Gasteiger partial charge on any atom is 0.261 e. The van der Waals surface area contributed by atoms with Crippen molar-refractivity contribution in [3.05, 3.63) is 56.7 Å². The van der Waals surface area contributed by atoms with Gasteiger partial charge in [0.2, 0.25) is 0 Å². The summed E-state index contributed by atoms with van der Waals surface area (Å²) in [5, 5.41) is 12.2. The lowest BCUT2D eigenvalue weighted by Crippen LogP contribution is -2.26. The predicted octanol–water partition coefficient (Wildman–Crippen LogP) is 3.24. The first-order valence-corrected chi connectivity index (χ1v) is 7.56. The first-order valence-electron chi connectivity index (χ1n) is 6.36. The van der Waals surface area contributed by atoms with Gasteiger partial charge in [0.05, 0.1) is 15.8 Å². The van der Waals surface area contributed by atoms with E-state index in [1.165, 1.54) is 11.3 Å². The molecule has 2 N–H and O–H groups in total. The summed E-state index contributed by atoms with van der Waals surface area (Å²) in [5.41, 5.74) is 0.879. The second kappa shape index (κ2) is 7.28. The minimum atomic E-state index is -0.191. The minimum absolute atomic E-state index is 0.163. The average Bonchev–Trinajstić information content (AvgIpc) is 2.94. The molecule has 0 saturated heterocycles. The Labute approximate surface area is 132 Å². The number of amides is 1. The Hall–Kier alpha value is -1.80. The van der Waals surface area contributed by atoms with Crippen molar-refractivity contribution in [2.45, 2.75) is 13.0 Å². The lowest BCUT2D eigenvalue weighted by atomic mass is 10.1. The first kappa shape index (κ1) is 15.6. The second-order valence-electron chi connectivity index (χ2n) is 4.34. The average molecular weight is 320 g/mol. The Kier molecular flexibility index (Phi) is 5.40. The summed E-state index contributed by atoms with van der Waals surface area (Å²) in [6, 6.07) is 10.7. The Morgan fingerprint density at radius 2 is 2.14 bits per heavy atom. The van der Waals surface area contributed by atoms with Gasteiger partial charge in [0.15, 0.2) is 0 Å². The highest BCUT2D eigenvalue weighted by atomic mass is 35.5. The highest BCUT2D eigenvalue weighted by Gasteiger charge is 2.14. The molecular weight excluding hydrogens is 306 g/mol. The lowest BCUT2D eigenvalue weighted by Gasteiger charge is -2.14. The third-order valence-electron chi connectivity index (χ3n) is 2.84. The zero-order chi connectivity index (χ0) is 15.2. The van der Waals surface area contributed by atoms with Crippen LogP contribution in [0.1, 0.15) is 33.1 Å². The van der Waals surface area contributed by atoms with E-state index in [2.05, 4.69) is 17.2 Å². The number of aliphatic hydroxyl groups is 1. The number of thiophene rings is 1. The van der Waals surface area contributed by atoms with Gasteiger partial charge < -0.3 is 10.4 Å². The summed E-state index contributed by atoms with van der Waals surface area (Å²) in [4.78, 5) is 13.5. The molecule has 0 bridgehead atoms. The van der Waals surface area contributed by atoms with Gasteiger partial charge in [-0.05, 0) is 30.7 Å². The van der Waals surface area contributed by atoms with Crippen molar-refractivity contribution >= 4 is 28.8 Å². The predicted molar refractivity (Wildman–Crippen MR) is 85.6 cm³/mol. The number of hydrogen-bond donors (Lipinski definition) is 2. The molecule has 0 aliphatic rings. The van der Waals surface area contributed by atoms with Crippen LogP contribution in [-0.2, 0) is 0 Å². The van der Waals surface area contributed by atoms with Crippen LogP contribution in [0.5, 0.6) is 0 Å². The van der Waals surface area contributed by atoms with Crippen molar-refractivity contribution in [1.29, 1.82) is 0 Å². The third kappa shape index (κ3) is 4.08. The van der Waals surface area contributed by atoms with Gasteiger partial charge >= 0.3 is 0 Å². The summed E-state index contributed by atoms with van der Waals surface area (Å²) in [6.07, 6.45) is 0. The van der Waals surface area contributed by atoms with Gasteiger partial charge in [-0.25, -0.2) is 0 Å². The van der Waals surface area contributed by atoms with Crippen LogP contribution >= 0.6 is 22.9 Å². The Morgan fingerprint density at radius 3 is 2.86 bits per heavy atom. The maximum absolute atomic E-state index is 12.2. The quantitative estimate of drug-likeness (QED) is 0.853. The van der Waals surface area contributed by atoms with E-state index in [0.29, 0.717) is 9.90 Å². The van der Waals surface area contributed by atoms with E-state index < -0.39 is 0 Å². The second-order valence-corrected chi connectivity index (χ2v) is 5.83. The van der Waals surface area contributed by atoms with Crippen LogP contribution in [0.3, 0.4) is 0 Å². The van der Waals surface area contributed by atoms with Crippen molar-refractivity contribution in [3.8, 4) is 11.8 Å². The molecule has 1 heterocycles. The number of nitrogens with one attached hydrogen (secondary N) is 1. The molecule has 21 heavy (non-hydrogen) atoms. The van der Waals surface area contributed by atoms with Gasteiger partial charge in [-0.15, -0.1) is 11.3 Å². The van der Waals surface area contributed by atoms with Crippen LogP contribution in [0.15, 0.2) is 36.4 Å². The molecule has 1 aromatic heterocycles. The molecule has 0 fully saturated rings. The van der Waals surface area contributed by atoms with Crippen molar-refractivity contribution in [1.82, 2.24) is 5.32 Å². The zero-order valence-corrected chi connectivity index (χ0v) is 13.0. The maximum atomic E-state index is 12.2. The van der Waals surface area contributed by atoms with E-state index in [1.807, 2.05) is 25.1 Å². The Balaban J connectivity index is 2.07. The Morgan fingerprint density at radius 1 is 1.38 bits per heavy atom. The van der Waals surface area contributed by atoms with Crippen LogP contribution in [0.25, 0.3) is 0 Å². The van der Waals surface area contributed by atoms with Crippen LogP contribution < -0.4 is 5.32 Å². The fraction of sp³-hybridized carbons (Fsp3) is 0.188. The van der Waals surface area contributed by atoms with Crippen LogP contribution in [0, 0.1) is 11.8 Å². The van der Waals surface area contributed by atoms with E-state index >= 15 is 0 Å². The van der Waals surface area contributed by atoms with Crippen molar-refractivity contribution in [2.24, 2.45) is 0 Å². The van der Waals surface area contributed by atoms with Crippen molar-refractivity contribution in [2.75, 3.05) is 6.61 Å². The van der Waals surface area contributed by atoms with E-state index in [4.69, 9.17) is 16.7 Å². The molecule has 0 aliphatic carbocycles. The molecule has 1 amide bonds. The normalized spacial score (nSPS) is 11.4. The summed E-state index contributed by atoms with van der Waals surface area (Å²) in [7, 11) is 0. The number of carbonyl (C=O) groups is 1. The summed E-state index contributed by atoms with van der Waals surface area (Å²) in [6.45, 7) is 1.70. The monoisotopic (exact) mass is 319 g/mol. The molecule has 0 radical (unpaired) electrons. The van der Waals surface area contributed by atoms with Gasteiger partial charge in [-0.1, -0.05) is 41.6 Å². The Bertz CT molecular complexity index is 700. The highest BCUT2D eigenvalue weighted by molar-refractivity contribution is 7.14. The van der Waals surface area contributed by atoms with Crippen LogP contribution in [-0.4, -0.2) is 17.6 Å². The van der Waals surface area contributed by atoms with Gasteiger partial charge in [0, 0.05) is 5.02 Å². The molecule has 2 aromatic rings. The highest BCUT2D eigenvalue weighted by Crippen LogP contribution is 2.23. The number of hydrogen-bond acceptors (Lipinski definition) is 3. The molecule has 5 heteroatoms. The number of halogens is 1. The van der Waals surface area contributed by atoms with Gasteiger partial charge in [0.1, 0.15) is 6.61 Å². The smallest absolute Gasteiger partial charge is 0.261 e. The molecule has 1 unspecified atom stereocenters. The lowest BCUT2D eigenvalue weighted by molar-refractivity contribution is 0.0944. The SMILES string of the molecule is CC(NC(=O)c1ccc(C#CCO)s1)c1ccccc1Cl. The molecule has 1 aromatic carbocycles. The number of carbonyl (C=O) groups excluding carboxylic acids is 1. The molecule has 1 atom stereocenters. The number of benzene rings is 1. The van der Waals surface area contributed by atoms with E-state index in [0.717, 1.165) is 10.4 Å². The molecule has 2 rings (SSSR count). The number of rotatable bonds is 3. The van der Waals surface area contributed by atoms with Gasteiger partial charge in [-0.2, -0.15) is 0 Å². The summed E-state index contributed by atoms with van der Waals surface area (Å²) in [5.74, 6) is 5.18. The van der Waals surface area contributed by atoms with E-state index in [-0.39, 0.29) is 18.6 Å². The largest absolute Gasteiger partial charge is 0.384 e. The topological polar surface area (TPSA) is 49.3 Å². The standard InChI is InChI=1S/C16H14ClNO2S/c1-11(13-6-2-3-7-14(13)17)18-16(20)15-9-8-12(21-15)5-4-10-19/h2-3,6-9,11,19H,10H2,1H3,(H,18,20). The zero-order valence-electron chi connectivity index (χ0n) is 11.4. The molecule has 0 saturated carbocycles. The molecule has 0 aliphatic heterocycles. The fourth-order valence-electron chi connectivity index (χ4n) is 1.83. The molecule has 3 nitrogen and oxygen atoms in total. The van der Waals surface area contributed by atoms with E-state index in [1.54, 1.807) is 18.2 Å². The van der Waals surface area contributed by atoms with Crippen molar-refractivity contribution in [3.63, 3.8) is 0 Å². The van der Waals surface area contributed by atoms with E-state index in [9.17, 15) is 4.79 Å². The summed E-state index contributed by atoms with van der Waals surface area (Å²) < 4.78 is 0. The first-order chi connectivity index (χ1) is 10.1. The van der Waals surface area contributed by atoms with Gasteiger partial charge in [-0.3, -0.25) is 4.79 Å². The molecule has 108 valence electrons. The summed E-state index contributed by atoms with van der Waals surface area (Å²) >= 11 is 7.41. The van der Waals surface area contributed by atoms with Crippen LogP contribution in [0.2, 0.25) is 5.02 Å². The third-order valence-corrected chi connectivity index (χ3v) is 4.18. The number of aliphatic hydroxyl groups excluding tert-OH is 1. The van der Waals surface area contributed by atoms with Gasteiger partial charge in [0.25, 0.3) is 5.91 Å². The fourth-order valence-corrected chi connectivity index (χ4v) is 2.91. The van der Waals surface area contributed by atoms with Crippen molar-refractivity contribution < 1.29 is 9.90 Å². The molecular formula is C16H14ClNO2S. The minimum Gasteiger partial charge on any atom is -0.384 e. The molecule has 0 spiro atoms. The van der Waals surface area contributed by atoms with Crippen LogP contribution in [0.4, 0.5) is 0 Å².